The fraction of sp³-hybridized carbons (Fsp3) is 0.444. The van der Waals surface area contributed by atoms with Crippen LogP contribution >= 0.6 is 11.6 Å². The van der Waals surface area contributed by atoms with Gasteiger partial charge in [-0.05, 0) is 31.2 Å². The molecule has 1 saturated heterocycles. The SMILES string of the molecule is COc1ccc(N2CCN(C(C=O)n3nc(C(F)(F)F)c(Cl)c3C)CC2)cc1. The molecule has 1 unspecified atom stereocenters. The second-order valence-corrected chi connectivity index (χ2v) is 6.84. The molecule has 0 spiro atoms. The molecule has 1 fully saturated rings. The summed E-state index contributed by atoms with van der Waals surface area (Å²) in [6.45, 7) is 3.66. The molecule has 0 saturated carbocycles. The smallest absolute Gasteiger partial charge is 0.436 e. The molecule has 6 nitrogen and oxygen atoms in total. The van der Waals surface area contributed by atoms with Gasteiger partial charge in [0.25, 0.3) is 0 Å². The van der Waals surface area contributed by atoms with E-state index in [2.05, 4.69) is 10.00 Å². The summed E-state index contributed by atoms with van der Waals surface area (Å²) in [6, 6.07) is 7.62. The highest BCUT2D eigenvalue weighted by Crippen LogP contribution is 2.36. The normalized spacial score (nSPS) is 16.9. The number of rotatable bonds is 5. The number of methoxy groups -OCH3 is 1. The van der Waals surface area contributed by atoms with Gasteiger partial charge in [0.15, 0.2) is 18.1 Å². The first-order valence-corrected chi connectivity index (χ1v) is 9.04. The van der Waals surface area contributed by atoms with Crippen molar-refractivity contribution in [1.29, 1.82) is 0 Å². The first-order valence-electron chi connectivity index (χ1n) is 8.66. The first-order chi connectivity index (χ1) is 13.3. The van der Waals surface area contributed by atoms with Gasteiger partial charge in [-0.1, -0.05) is 11.6 Å². The van der Waals surface area contributed by atoms with Crippen molar-refractivity contribution in [2.75, 3.05) is 38.2 Å². The van der Waals surface area contributed by atoms with Gasteiger partial charge in [-0.2, -0.15) is 18.3 Å². The van der Waals surface area contributed by atoms with Gasteiger partial charge >= 0.3 is 6.18 Å². The third kappa shape index (κ3) is 3.95. The summed E-state index contributed by atoms with van der Waals surface area (Å²) >= 11 is 5.81. The average molecular weight is 417 g/mol. The van der Waals surface area contributed by atoms with Gasteiger partial charge < -0.3 is 9.64 Å². The number of aromatic nitrogens is 2. The Hall–Kier alpha value is -2.26. The van der Waals surface area contributed by atoms with Crippen LogP contribution in [0.25, 0.3) is 0 Å². The molecule has 0 amide bonds. The van der Waals surface area contributed by atoms with Gasteiger partial charge in [-0.15, -0.1) is 0 Å². The zero-order chi connectivity index (χ0) is 20.5. The zero-order valence-electron chi connectivity index (χ0n) is 15.4. The van der Waals surface area contributed by atoms with Gasteiger partial charge in [0.05, 0.1) is 17.8 Å². The molecule has 152 valence electrons. The van der Waals surface area contributed by atoms with E-state index in [1.165, 1.54) is 6.92 Å². The van der Waals surface area contributed by atoms with E-state index in [1.807, 2.05) is 24.3 Å². The Bertz CT molecular complexity index is 831. The van der Waals surface area contributed by atoms with Crippen LogP contribution in [0.4, 0.5) is 18.9 Å². The lowest BCUT2D eigenvalue weighted by Crippen LogP contribution is -2.49. The van der Waals surface area contributed by atoms with Crippen LogP contribution in [-0.4, -0.2) is 54.3 Å². The summed E-state index contributed by atoms with van der Waals surface area (Å²) in [5.74, 6) is 0.759. The van der Waals surface area contributed by atoms with Crippen LogP contribution in [0.2, 0.25) is 5.02 Å². The van der Waals surface area contributed by atoms with E-state index in [0.29, 0.717) is 32.5 Å². The number of benzene rings is 1. The Balaban J connectivity index is 1.74. The lowest BCUT2D eigenvalue weighted by Gasteiger charge is -2.38. The van der Waals surface area contributed by atoms with E-state index in [1.54, 1.807) is 12.0 Å². The topological polar surface area (TPSA) is 50.6 Å². The van der Waals surface area contributed by atoms with Gasteiger partial charge in [0.2, 0.25) is 0 Å². The minimum Gasteiger partial charge on any atom is -0.497 e. The monoisotopic (exact) mass is 416 g/mol. The molecular weight excluding hydrogens is 397 g/mol. The molecule has 2 heterocycles. The fourth-order valence-corrected chi connectivity index (χ4v) is 3.50. The number of hydrogen-bond acceptors (Lipinski definition) is 5. The zero-order valence-corrected chi connectivity index (χ0v) is 16.2. The van der Waals surface area contributed by atoms with Crippen molar-refractivity contribution in [2.24, 2.45) is 0 Å². The van der Waals surface area contributed by atoms with Crippen LogP contribution in [0.3, 0.4) is 0 Å². The van der Waals surface area contributed by atoms with Crippen molar-refractivity contribution >= 4 is 23.6 Å². The van der Waals surface area contributed by atoms with Gasteiger partial charge in [-0.3, -0.25) is 9.69 Å². The average Bonchev–Trinajstić information content (AvgIpc) is 2.99. The summed E-state index contributed by atoms with van der Waals surface area (Å²) in [6.07, 6.45) is -5.01. The van der Waals surface area contributed by atoms with Crippen molar-refractivity contribution < 1.29 is 22.7 Å². The predicted octanol–water partition coefficient (Wildman–Crippen LogP) is 3.39. The third-order valence-corrected chi connectivity index (χ3v) is 5.30. The maximum absolute atomic E-state index is 13.1. The van der Waals surface area contributed by atoms with Crippen molar-refractivity contribution in [3.8, 4) is 5.75 Å². The van der Waals surface area contributed by atoms with E-state index >= 15 is 0 Å². The number of aldehydes is 1. The molecule has 1 aliphatic heterocycles. The summed E-state index contributed by atoms with van der Waals surface area (Å²) in [7, 11) is 1.60. The van der Waals surface area contributed by atoms with E-state index in [-0.39, 0.29) is 5.69 Å². The molecule has 0 N–H and O–H groups in total. The molecule has 0 aliphatic carbocycles. The maximum Gasteiger partial charge on any atom is 0.436 e. The number of piperazine rings is 1. The molecule has 1 atom stereocenters. The van der Waals surface area contributed by atoms with E-state index in [9.17, 15) is 18.0 Å². The maximum atomic E-state index is 13.1. The van der Waals surface area contributed by atoms with Crippen molar-refractivity contribution in [1.82, 2.24) is 14.7 Å². The molecule has 3 rings (SSSR count). The molecule has 0 bridgehead atoms. The Morgan fingerprint density at radius 2 is 1.79 bits per heavy atom. The van der Waals surface area contributed by atoms with Gasteiger partial charge in [0, 0.05) is 31.9 Å². The second-order valence-electron chi connectivity index (χ2n) is 6.46. The van der Waals surface area contributed by atoms with Gasteiger partial charge in [0.1, 0.15) is 5.75 Å². The van der Waals surface area contributed by atoms with Crippen molar-refractivity contribution in [3.63, 3.8) is 0 Å². The summed E-state index contributed by atoms with van der Waals surface area (Å²) in [5.41, 5.74) is -0.0418. The molecule has 1 aliphatic rings. The minimum absolute atomic E-state index is 0.115. The van der Waals surface area contributed by atoms with Crippen LogP contribution in [0.15, 0.2) is 24.3 Å². The first kappa shape index (κ1) is 20.5. The van der Waals surface area contributed by atoms with Crippen LogP contribution in [0, 0.1) is 6.92 Å². The summed E-state index contributed by atoms with van der Waals surface area (Å²) in [4.78, 5) is 15.6. The Kier molecular flexibility index (Phi) is 5.85. The molecule has 2 aromatic rings. The highest BCUT2D eigenvalue weighted by Gasteiger charge is 2.39. The molecule has 1 aromatic carbocycles. The Morgan fingerprint density at radius 3 is 2.25 bits per heavy atom. The summed E-state index contributed by atoms with van der Waals surface area (Å²) < 4.78 is 45.4. The van der Waals surface area contributed by atoms with E-state index in [4.69, 9.17) is 16.3 Å². The fourth-order valence-electron chi connectivity index (χ4n) is 3.27. The van der Waals surface area contributed by atoms with Crippen molar-refractivity contribution in [2.45, 2.75) is 19.3 Å². The molecule has 0 radical (unpaired) electrons. The number of nitrogens with zero attached hydrogens (tertiary/aromatic N) is 4. The minimum atomic E-state index is -4.67. The highest BCUT2D eigenvalue weighted by atomic mass is 35.5. The van der Waals surface area contributed by atoms with E-state index < -0.39 is 23.1 Å². The van der Waals surface area contributed by atoms with E-state index in [0.717, 1.165) is 16.1 Å². The standard InChI is InChI=1S/C18H20ClF3N4O2/c1-12-16(19)17(18(20,21)22)23-26(12)15(11-27)25-9-7-24(8-10-25)13-3-5-14(28-2)6-4-13/h3-6,11,15H,7-10H2,1-2H3. The van der Waals surface area contributed by atoms with Crippen LogP contribution < -0.4 is 9.64 Å². The predicted molar refractivity (Wildman–Crippen MR) is 98.9 cm³/mol. The van der Waals surface area contributed by atoms with Crippen molar-refractivity contribution in [3.05, 3.63) is 40.7 Å². The Labute approximate surface area is 165 Å². The summed E-state index contributed by atoms with van der Waals surface area (Å²) in [5, 5.41) is 3.11. The quantitative estimate of drug-likeness (QED) is 0.699. The Morgan fingerprint density at radius 1 is 1.18 bits per heavy atom. The lowest BCUT2D eigenvalue weighted by molar-refractivity contribution is -0.142. The number of carbonyl (C=O) groups excluding carboxylic acids is 1. The molecular formula is C18H20ClF3N4O2. The number of hydrogen-bond donors (Lipinski definition) is 0. The number of alkyl halides is 3. The second kappa shape index (κ2) is 8.00. The van der Waals surface area contributed by atoms with Gasteiger partial charge in [-0.25, -0.2) is 4.68 Å². The van der Waals surface area contributed by atoms with Crippen LogP contribution in [0.5, 0.6) is 5.75 Å². The number of anilines is 1. The van der Waals surface area contributed by atoms with Crippen LogP contribution in [-0.2, 0) is 11.0 Å². The largest absolute Gasteiger partial charge is 0.497 e. The molecule has 10 heteroatoms. The lowest BCUT2D eigenvalue weighted by atomic mass is 10.2. The molecule has 28 heavy (non-hydrogen) atoms. The van der Waals surface area contributed by atoms with Crippen LogP contribution in [0.1, 0.15) is 17.6 Å². The highest BCUT2D eigenvalue weighted by molar-refractivity contribution is 6.32. The molecule has 1 aromatic heterocycles. The number of ether oxygens (including phenoxy) is 1. The third-order valence-electron chi connectivity index (χ3n) is 4.84. The number of halogens is 4. The number of carbonyl (C=O) groups is 1.